The van der Waals surface area contributed by atoms with E-state index in [0.717, 1.165) is 31.2 Å². The molecule has 0 aromatic carbocycles. The minimum Gasteiger partial charge on any atom is -0.360 e. The van der Waals surface area contributed by atoms with E-state index >= 15 is 0 Å². The summed E-state index contributed by atoms with van der Waals surface area (Å²) in [5.41, 5.74) is 0. The van der Waals surface area contributed by atoms with E-state index in [4.69, 9.17) is 4.52 Å². The van der Waals surface area contributed by atoms with Crippen molar-refractivity contribution in [2.24, 2.45) is 0 Å². The summed E-state index contributed by atoms with van der Waals surface area (Å²) >= 11 is 0. The molecule has 2 aromatic heterocycles. The summed E-state index contributed by atoms with van der Waals surface area (Å²) in [6, 6.07) is 1.43. The van der Waals surface area contributed by atoms with Gasteiger partial charge < -0.3 is 14.4 Å². The summed E-state index contributed by atoms with van der Waals surface area (Å²) in [7, 11) is 0. The van der Waals surface area contributed by atoms with Crippen LogP contribution in [0.1, 0.15) is 31.3 Å². The van der Waals surface area contributed by atoms with Crippen molar-refractivity contribution < 1.29 is 9.32 Å². The molecule has 118 valence electrons. The minimum absolute atomic E-state index is 0.100. The van der Waals surface area contributed by atoms with Gasteiger partial charge in [-0.15, -0.1) is 10.2 Å². The van der Waals surface area contributed by atoms with Gasteiger partial charge in [0.15, 0.2) is 5.82 Å². The maximum atomic E-state index is 12.3. The van der Waals surface area contributed by atoms with Crippen LogP contribution in [0.25, 0.3) is 0 Å². The molecule has 0 saturated heterocycles. The standard InChI is InChI=1S/C14H20N6O2/c1-4-12-16-17-13-8-19(5-6-20(12)13)10(3)14(21)15-11-7-9(2)22-18-11/h7,10H,4-6,8H2,1-3H3,(H,15,18,21). The number of aryl methyl sites for hydroxylation is 2. The third kappa shape index (κ3) is 2.74. The fraction of sp³-hybridized carbons (Fsp3) is 0.571. The van der Waals surface area contributed by atoms with Gasteiger partial charge in [0.05, 0.1) is 12.6 Å². The monoisotopic (exact) mass is 304 g/mol. The van der Waals surface area contributed by atoms with Gasteiger partial charge in [-0.3, -0.25) is 9.69 Å². The van der Waals surface area contributed by atoms with E-state index in [1.165, 1.54) is 0 Å². The maximum absolute atomic E-state index is 12.3. The number of aromatic nitrogens is 4. The van der Waals surface area contributed by atoms with Crippen molar-refractivity contribution in [3.8, 4) is 0 Å². The van der Waals surface area contributed by atoms with Crippen LogP contribution >= 0.6 is 0 Å². The van der Waals surface area contributed by atoms with Crippen molar-refractivity contribution in [3.05, 3.63) is 23.5 Å². The van der Waals surface area contributed by atoms with Crippen LogP contribution in [0.3, 0.4) is 0 Å². The zero-order chi connectivity index (χ0) is 15.7. The minimum atomic E-state index is -0.271. The highest BCUT2D eigenvalue weighted by atomic mass is 16.5. The Kier molecular flexibility index (Phi) is 3.93. The molecule has 2 aromatic rings. The Morgan fingerprint density at radius 2 is 2.27 bits per heavy atom. The smallest absolute Gasteiger partial charge is 0.242 e. The first-order valence-electron chi connectivity index (χ1n) is 7.47. The number of anilines is 1. The van der Waals surface area contributed by atoms with E-state index in [9.17, 15) is 4.79 Å². The summed E-state index contributed by atoms with van der Waals surface area (Å²) < 4.78 is 7.09. The topological polar surface area (TPSA) is 89.1 Å². The number of nitrogens with zero attached hydrogens (tertiary/aromatic N) is 5. The van der Waals surface area contributed by atoms with Gasteiger partial charge in [0.25, 0.3) is 0 Å². The largest absolute Gasteiger partial charge is 0.360 e. The molecular formula is C14H20N6O2. The van der Waals surface area contributed by atoms with Crippen molar-refractivity contribution in [1.29, 1.82) is 0 Å². The molecule has 0 aliphatic carbocycles. The van der Waals surface area contributed by atoms with Crippen LogP contribution in [-0.2, 0) is 24.3 Å². The van der Waals surface area contributed by atoms with Crippen LogP contribution in [0, 0.1) is 6.92 Å². The molecule has 3 rings (SSSR count). The number of rotatable bonds is 4. The van der Waals surface area contributed by atoms with Crippen molar-refractivity contribution in [2.45, 2.75) is 46.3 Å². The lowest BCUT2D eigenvalue weighted by molar-refractivity contribution is -0.121. The lowest BCUT2D eigenvalue weighted by Crippen LogP contribution is -2.46. The third-order valence-corrected chi connectivity index (χ3v) is 3.98. The van der Waals surface area contributed by atoms with Gasteiger partial charge in [0, 0.05) is 25.6 Å². The highest BCUT2D eigenvalue weighted by molar-refractivity contribution is 5.93. The molecule has 0 fully saturated rings. The van der Waals surface area contributed by atoms with Gasteiger partial charge in [0.2, 0.25) is 5.91 Å². The first kappa shape index (κ1) is 14.7. The number of amides is 1. The molecule has 1 N–H and O–H groups in total. The molecule has 8 heteroatoms. The summed E-state index contributed by atoms with van der Waals surface area (Å²) in [6.07, 6.45) is 0.870. The molecule has 0 radical (unpaired) electrons. The molecule has 0 bridgehead atoms. The first-order chi connectivity index (χ1) is 10.6. The van der Waals surface area contributed by atoms with E-state index in [1.54, 1.807) is 13.0 Å². The van der Waals surface area contributed by atoms with E-state index in [1.807, 2.05) is 6.92 Å². The van der Waals surface area contributed by atoms with Crippen LogP contribution in [0.4, 0.5) is 5.82 Å². The Labute approximate surface area is 128 Å². The molecular weight excluding hydrogens is 284 g/mol. The van der Waals surface area contributed by atoms with E-state index in [-0.39, 0.29) is 11.9 Å². The molecule has 8 nitrogen and oxygen atoms in total. The predicted molar refractivity (Wildman–Crippen MR) is 79.1 cm³/mol. The number of carbonyl (C=O) groups excluding carboxylic acids is 1. The van der Waals surface area contributed by atoms with Crippen LogP contribution in [-0.4, -0.2) is 43.3 Å². The first-order valence-corrected chi connectivity index (χ1v) is 7.47. The van der Waals surface area contributed by atoms with E-state index < -0.39 is 0 Å². The van der Waals surface area contributed by atoms with Crippen LogP contribution in [0.15, 0.2) is 10.6 Å². The average Bonchev–Trinajstić information content (AvgIpc) is 3.11. The summed E-state index contributed by atoms with van der Waals surface area (Å²) in [5.74, 6) is 2.94. The molecule has 22 heavy (non-hydrogen) atoms. The molecule has 1 amide bonds. The van der Waals surface area contributed by atoms with Crippen LogP contribution in [0.2, 0.25) is 0 Å². The molecule has 0 saturated carbocycles. The van der Waals surface area contributed by atoms with Crippen LogP contribution in [0.5, 0.6) is 0 Å². The molecule has 1 aliphatic rings. The third-order valence-electron chi connectivity index (χ3n) is 3.98. The van der Waals surface area contributed by atoms with Gasteiger partial charge in [0.1, 0.15) is 17.4 Å². The van der Waals surface area contributed by atoms with Gasteiger partial charge in [-0.25, -0.2) is 0 Å². The molecule has 0 spiro atoms. The fourth-order valence-corrected chi connectivity index (χ4v) is 2.65. The van der Waals surface area contributed by atoms with Crippen molar-refractivity contribution in [1.82, 2.24) is 24.8 Å². The molecule has 1 aliphatic heterocycles. The number of carbonyl (C=O) groups is 1. The lowest BCUT2D eigenvalue weighted by Gasteiger charge is -2.31. The number of hydrogen-bond donors (Lipinski definition) is 1. The lowest BCUT2D eigenvalue weighted by atomic mass is 10.2. The van der Waals surface area contributed by atoms with E-state index in [2.05, 4.69) is 37.1 Å². The second-order valence-corrected chi connectivity index (χ2v) is 5.50. The van der Waals surface area contributed by atoms with Crippen LogP contribution < -0.4 is 5.32 Å². The molecule has 3 heterocycles. The zero-order valence-corrected chi connectivity index (χ0v) is 13.0. The summed E-state index contributed by atoms with van der Waals surface area (Å²) in [4.78, 5) is 14.4. The summed E-state index contributed by atoms with van der Waals surface area (Å²) in [6.45, 7) is 7.97. The Hall–Kier alpha value is -2.22. The van der Waals surface area contributed by atoms with Crippen molar-refractivity contribution in [3.63, 3.8) is 0 Å². The zero-order valence-electron chi connectivity index (χ0n) is 13.0. The highest BCUT2D eigenvalue weighted by Crippen LogP contribution is 2.16. The second kappa shape index (κ2) is 5.88. The fourth-order valence-electron chi connectivity index (χ4n) is 2.65. The Morgan fingerprint density at radius 3 is 2.95 bits per heavy atom. The summed E-state index contributed by atoms with van der Waals surface area (Å²) in [5, 5.41) is 15.0. The number of hydrogen-bond acceptors (Lipinski definition) is 6. The number of fused-ring (bicyclic) bond motifs is 1. The van der Waals surface area contributed by atoms with Gasteiger partial charge in [-0.2, -0.15) is 0 Å². The molecule has 1 unspecified atom stereocenters. The normalized spacial score (nSPS) is 16.3. The Bertz CT molecular complexity index is 677. The van der Waals surface area contributed by atoms with Gasteiger partial charge in [-0.05, 0) is 13.8 Å². The second-order valence-electron chi connectivity index (χ2n) is 5.50. The quantitative estimate of drug-likeness (QED) is 0.905. The highest BCUT2D eigenvalue weighted by Gasteiger charge is 2.28. The average molecular weight is 304 g/mol. The maximum Gasteiger partial charge on any atom is 0.242 e. The van der Waals surface area contributed by atoms with Gasteiger partial charge in [-0.1, -0.05) is 12.1 Å². The number of nitrogens with one attached hydrogen (secondary N) is 1. The Morgan fingerprint density at radius 1 is 1.45 bits per heavy atom. The molecule has 1 atom stereocenters. The van der Waals surface area contributed by atoms with E-state index in [0.29, 0.717) is 18.1 Å². The van der Waals surface area contributed by atoms with Gasteiger partial charge >= 0.3 is 0 Å². The predicted octanol–water partition coefficient (Wildman–Crippen LogP) is 0.980. The Balaban J connectivity index is 1.65. The van der Waals surface area contributed by atoms with Crippen molar-refractivity contribution >= 4 is 11.7 Å². The SMILES string of the molecule is CCc1nnc2n1CCN(C(C)C(=O)Nc1cc(C)on1)C2. The van der Waals surface area contributed by atoms with Crippen molar-refractivity contribution in [2.75, 3.05) is 11.9 Å².